The minimum absolute atomic E-state index is 0.128. The summed E-state index contributed by atoms with van der Waals surface area (Å²) in [7, 11) is -2.48. The monoisotopic (exact) mass is 258 g/mol. The van der Waals surface area contributed by atoms with E-state index in [4.69, 9.17) is 9.88 Å². The predicted octanol–water partition coefficient (Wildman–Crippen LogP) is 0.307. The highest BCUT2D eigenvalue weighted by Crippen LogP contribution is 2.19. The second kappa shape index (κ2) is 5.26. The molecule has 0 aliphatic heterocycles. The molecule has 1 aromatic carbocycles. The molecule has 0 bridgehead atoms. The molecule has 0 saturated heterocycles. The summed E-state index contributed by atoms with van der Waals surface area (Å²) in [6.07, 6.45) is -0.677. The Morgan fingerprint density at radius 1 is 1.41 bits per heavy atom. The molecule has 0 saturated carbocycles. The second-order valence-corrected chi connectivity index (χ2v) is 4.94. The fraction of sp³-hybridized carbons (Fsp3) is 0.300. The maximum Gasteiger partial charge on any atom is 0.253 e. The quantitative estimate of drug-likeness (QED) is 0.811. The molecular formula is C10H14N2O4S. The van der Waals surface area contributed by atoms with Gasteiger partial charge in [0.25, 0.3) is 5.91 Å². The van der Waals surface area contributed by atoms with Crippen molar-refractivity contribution in [1.29, 1.82) is 0 Å². The number of para-hydroxylation sites is 1. The summed E-state index contributed by atoms with van der Waals surface area (Å²) < 4.78 is 27.4. The molecule has 1 aromatic rings. The lowest BCUT2D eigenvalue weighted by Gasteiger charge is -2.12. The molecule has 0 spiro atoms. The van der Waals surface area contributed by atoms with Crippen molar-refractivity contribution in [3.63, 3.8) is 0 Å². The van der Waals surface area contributed by atoms with Gasteiger partial charge in [-0.05, 0) is 19.1 Å². The normalized spacial score (nSPS) is 13.1. The summed E-state index contributed by atoms with van der Waals surface area (Å²) in [6, 6.07) is 5.90. The van der Waals surface area contributed by atoms with E-state index in [1.807, 2.05) is 0 Å². The SMILES string of the molecule is COC(C)C(=O)Nc1ccccc1S(N)(=O)=O. The number of methoxy groups -OCH3 is 1. The van der Waals surface area contributed by atoms with E-state index in [1.165, 1.54) is 25.3 Å². The van der Waals surface area contributed by atoms with Gasteiger partial charge in [-0.3, -0.25) is 4.79 Å². The van der Waals surface area contributed by atoms with Gasteiger partial charge in [0.1, 0.15) is 11.0 Å². The highest BCUT2D eigenvalue weighted by Gasteiger charge is 2.17. The number of nitrogens with two attached hydrogens (primary N) is 1. The first-order valence-electron chi connectivity index (χ1n) is 4.81. The van der Waals surface area contributed by atoms with Crippen LogP contribution < -0.4 is 10.5 Å². The molecule has 6 nitrogen and oxygen atoms in total. The fourth-order valence-electron chi connectivity index (χ4n) is 1.16. The van der Waals surface area contributed by atoms with Crippen LogP contribution in [-0.2, 0) is 19.6 Å². The van der Waals surface area contributed by atoms with E-state index < -0.39 is 22.0 Å². The molecule has 1 rings (SSSR count). The molecule has 94 valence electrons. The number of hydrogen-bond donors (Lipinski definition) is 2. The van der Waals surface area contributed by atoms with Crippen molar-refractivity contribution in [1.82, 2.24) is 0 Å². The summed E-state index contributed by atoms with van der Waals surface area (Å²) in [5.41, 5.74) is 0.143. The zero-order valence-electron chi connectivity index (χ0n) is 9.51. The maximum absolute atomic E-state index is 11.6. The number of benzene rings is 1. The number of carbonyl (C=O) groups excluding carboxylic acids is 1. The van der Waals surface area contributed by atoms with Crippen LogP contribution in [0, 0.1) is 0 Å². The molecule has 3 N–H and O–H groups in total. The molecule has 1 amide bonds. The lowest BCUT2D eigenvalue weighted by atomic mass is 10.3. The number of anilines is 1. The van der Waals surface area contributed by atoms with Gasteiger partial charge in [0.2, 0.25) is 10.0 Å². The van der Waals surface area contributed by atoms with Crippen molar-refractivity contribution in [3.05, 3.63) is 24.3 Å². The lowest BCUT2D eigenvalue weighted by molar-refractivity contribution is -0.124. The number of ether oxygens (including phenoxy) is 1. The van der Waals surface area contributed by atoms with E-state index >= 15 is 0 Å². The van der Waals surface area contributed by atoms with E-state index in [-0.39, 0.29) is 10.6 Å². The molecular weight excluding hydrogens is 244 g/mol. The third-order valence-corrected chi connectivity index (χ3v) is 3.14. The Bertz CT molecular complexity index is 513. The topological polar surface area (TPSA) is 98.5 Å². The van der Waals surface area contributed by atoms with Gasteiger partial charge in [-0.1, -0.05) is 12.1 Å². The maximum atomic E-state index is 11.6. The second-order valence-electron chi connectivity index (χ2n) is 3.41. The van der Waals surface area contributed by atoms with Crippen molar-refractivity contribution < 1.29 is 17.9 Å². The van der Waals surface area contributed by atoms with Gasteiger partial charge in [-0.15, -0.1) is 0 Å². The Balaban J connectivity index is 3.04. The van der Waals surface area contributed by atoms with Gasteiger partial charge in [0.15, 0.2) is 0 Å². The van der Waals surface area contributed by atoms with Gasteiger partial charge < -0.3 is 10.1 Å². The van der Waals surface area contributed by atoms with Crippen LogP contribution in [0.4, 0.5) is 5.69 Å². The highest BCUT2D eigenvalue weighted by atomic mass is 32.2. The Hall–Kier alpha value is -1.44. The average Bonchev–Trinajstić information content (AvgIpc) is 2.27. The minimum Gasteiger partial charge on any atom is -0.372 e. The van der Waals surface area contributed by atoms with E-state index in [2.05, 4.69) is 5.32 Å². The van der Waals surface area contributed by atoms with Gasteiger partial charge in [-0.25, -0.2) is 13.6 Å². The number of nitrogens with one attached hydrogen (secondary N) is 1. The van der Waals surface area contributed by atoms with Crippen LogP contribution >= 0.6 is 0 Å². The van der Waals surface area contributed by atoms with Crippen molar-refractivity contribution >= 4 is 21.6 Å². The predicted molar refractivity (Wildman–Crippen MR) is 62.9 cm³/mol. The van der Waals surface area contributed by atoms with E-state index in [0.717, 1.165) is 0 Å². The number of primary sulfonamides is 1. The third kappa shape index (κ3) is 3.52. The Labute approximate surface area is 99.8 Å². The van der Waals surface area contributed by atoms with Crippen molar-refractivity contribution in [2.75, 3.05) is 12.4 Å². The van der Waals surface area contributed by atoms with Crippen LogP contribution in [0.25, 0.3) is 0 Å². The van der Waals surface area contributed by atoms with Gasteiger partial charge in [0, 0.05) is 7.11 Å². The molecule has 7 heteroatoms. The smallest absolute Gasteiger partial charge is 0.253 e. The van der Waals surface area contributed by atoms with E-state index in [0.29, 0.717) is 0 Å². The van der Waals surface area contributed by atoms with Crippen LogP contribution in [0.3, 0.4) is 0 Å². The number of sulfonamides is 1. The molecule has 0 aliphatic carbocycles. The van der Waals surface area contributed by atoms with Crippen LogP contribution in [0.15, 0.2) is 29.2 Å². The molecule has 1 atom stereocenters. The third-order valence-electron chi connectivity index (χ3n) is 2.17. The zero-order chi connectivity index (χ0) is 13.1. The van der Waals surface area contributed by atoms with Crippen molar-refractivity contribution in [3.8, 4) is 0 Å². The summed E-state index contributed by atoms with van der Waals surface area (Å²) in [4.78, 5) is 11.4. The molecule has 17 heavy (non-hydrogen) atoms. The minimum atomic E-state index is -3.87. The first-order chi connectivity index (χ1) is 7.86. The molecule has 0 fully saturated rings. The molecule has 1 unspecified atom stereocenters. The Morgan fingerprint density at radius 3 is 2.53 bits per heavy atom. The number of hydrogen-bond acceptors (Lipinski definition) is 4. The van der Waals surface area contributed by atoms with Crippen LogP contribution in [0.2, 0.25) is 0 Å². The van der Waals surface area contributed by atoms with Gasteiger partial charge in [0.05, 0.1) is 5.69 Å². The average molecular weight is 258 g/mol. The van der Waals surface area contributed by atoms with E-state index in [9.17, 15) is 13.2 Å². The first kappa shape index (κ1) is 13.6. The number of carbonyl (C=O) groups is 1. The van der Waals surface area contributed by atoms with Crippen LogP contribution in [0.1, 0.15) is 6.92 Å². The van der Waals surface area contributed by atoms with Crippen molar-refractivity contribution in [2.45, 2.75) is 17.9 Å². The lowest BCUT2D eigenvalue weighted by Crippen LogP contribution is -2.27. The Morgan fingerprint density at radius 2 is 2.00 bits per heavy atom. The zero-order valence-corrected chi connectivity index (χ0v) is 10.3. The summed E-state index contributed by atoms with van der Waals surface area (Å²) in [5.74, 6) is -0.441. The standard InChI is InChI=1S/C10H14N2O4S/c1-7(16-2)10(13)12-8-5-3-4-6-9(8)17(11,14)15/h3-7H,1-2H3,(H,12,13)(H2,11,14,15). The highest BCUT2D eigenvalue weighted by molar-refractivity contribution is 7.89. The Kier molecular flexibility index (Phi) is 4.22. The molecule has 0 aromatic heterocycles. The molecule has 0 aliphatic rings. The van der Waals surface area contributed by atoms with Crippen LogP contribution in [0.5, 0.6) is 0 Å². The van der Waals surface area contributed by atoms with Crippen LogP contribution in [-0.4, -0.2) is 27.5 Å². The summed E-state index contributed by atoms with van der Waals surface area (Å²) in [5, 5.41) is 7.48. The largest absolute Gasteiger partial charge is 0.372 e. The van der Waals surface area contributed by atoms with E-state index in [1.54, 1.807) is 13.0 Å². The summed E-state index contributed by atoms with van der Waals surface area (Å²) >= 11 is 0. The number of rotatable bonds is 4. The number of amides is 1. The van der Waals surface area contributed by atoms with Crippen molar-refractivity contribution in [2.24, 2.45) is 5.14 Å². The molecule has 0 radical (unpaired) electrons. The van der Waals surface area contributed by atoms with Gasteiger partial charge >= 0.3 is 0 Å². The fourth-order valence-corrected chi connectivity index (χ4v) is 1.85. The summed E-state index contributed by atoms with van der Waals surface area (Å²) in [6.45, 7) is 1.55. The molecule has 0 heterocycles. The van der Waals surface area contributed by atoms with Gasteiger partial charge in [-0.2, -0.15) is 0 Å². The first-order valence-corrected chi connectivity index (χ1v) is 6.36.